The van der Waals surface area contributed by atoms with Gasteiger partial charge < -0.3 is 5.32 Å². The lowest BCUT2D eigenvalue weighted by Gasteiger charge is -2.28. The molecule has 1 heteroatoms. The molecule has 2 rings (SSSR count). The monoisotopic (exact) mass is 245 g/mol. The maximum Gasteiger partial charge on any atom is 0.0299 e. The molecule has 1 atom stereocenters. The van der Waals surface area contributed by atoms with E-state index in [4.69, 9.17) is 0 Å². The third-order valence-corrected chi connectivity index (χ3v) is 4.26. The minimum Gasteiger partial charge on any atom is -0.307 e. The number of aryl methyl sites for hydroxylation is 3. The van der Waals surface area contributed by atoms with E-state index in [2.05, 4.69) is 45.1 Å². The van der Waals surface area contributed by atoms with Crippen LogP contribution in [-0.4, -0.2) is 6.04 Å². The molecule has 1 saturated carbocycles. The fraction of sp³-hybridized carbons (Fsp3) is 0.647. The molecule has 1 aliphatic rings. The fourth-order valence-electron chi connectivity index (χ4n) is 3.58. The van der Waals surface area contributed by atoms with Crippen LogP contribution in [0.3, 0.4) is 0 Å². The molecule has 1 N–H and O–H groups in total. The summed E-state index contributed by atoms with van der Waals surface area (Å²) in [4.78, 5) is 0. The SMILES string of the molecule is Cc1cc(C)c(C(C)NC2CCCCC2)c(C)c1. The first-order chi connectivity index (χ1) is 8.58. The number of rotatable bonds is 3. The first-order valence-electron chi connectivity index (χ1n) is 7.41. The van der Waals surface area contributed by atoms with E-state index in [-0.39, 0.29) is 0 Å². The van der Waals surface area contributed by atoms with Crippen molar-refractivity contribution < 1.29 is 0 Å². The maximum absolute atomic E-state index is 3.84. The number of hydrogen-bond acceptors (Lipinski definition) is 1. The van der Waals surface area contributed by atoms with E-state index in [1.165, 1.54) is 54.4 Å². The van der Waals surface area contributed by atoms with Gasteiger partial charge in [-0.1, -0.05) is 37.0 Å². The molecule has 0 bridgehead atoms. The molecule has 0 aliphatic heterocycles. The quantitative estimate of drug-likeness (QED) is 0.821. The van der Waals surface area contributed by atoms with Gasteiger partial charge in [0.15, 0.2) is 0 Å². The topological polar surface area (TPSA) is 12.0 Å². The van der Waals surface area contributed by atoms with Gasteiger partial charge in [-0.2, -0.15) is 0 Å². The molecule has 100 valence electrons. The van der Waals surface area contributed by atoms with Gasteiger partial charge in [0.2, 0.25) is 0 Å². The molecule has 1 aromatic rings. The Kier molecular flexibility index (Phi) is 4.45. The van der Waals surface area contributed by atoms with Crippen LogP contribution in [0.25, 0.3) is 0 Å². The van der Waals surface area contributed by atoms with Crippen LogP contribution < -0.4 is 5.32 Å². The van der Waals surface area contributed by atoms with Gasteiger partial charge in [-0.05, 0) is 57.2 Å². The Bertz CT molecular complexity index is 379. The van der Waals surface area contributed by atoms with Gasteiger partial charge in [-0.15, -0.1) is 0 Å². The van der Waals surface area contributed by atoms with E-state index < -0.39 is 0 Å². The summed E-state index contributed by atoms with van der Waals surface area (Å²) in [5.74, 6) is 0. The van der Waals surface area contributed by atoms with E-state index in [9.17, 15) is 0 Å². The summed E-state index contributed by atoms with van der Waals surface area (Å²) >= 11 is 0. The van der Waals surface area contributed by atoms with Crippen LogP contribution in [0.15, 0.2) is 12.1 Å². The molecule has 1 aromatic carbocycles. The lowest BCUT2D eigenvalue weighted by molar-refractivity contribution is 0.346. The first kappa shape index (κ1) is 13.6. The van der Waals surface area contributed by atoms with Gasteiger partial charge in [0, 0.05) is 12.1 Å². The standard InChI is InChI=1S/C17H27N/c1-12-10-13(2)17(14(3)11-12)15(4)18-16-8-6-5-7-9-16/h10-11,15-16,18H,5-9H2,1-4H3. The maximum atomic E-state index is 3.84. The Morgan fingerprint density at radius 3 is 2.11 bits per heavy atom. The second-order valence-corrected chi connectivity index (χ2v) is 6.04. The zero-order valence-electron chi connectivity index (χ0n) is 12.3. The smallest absolute Gasteiger partial charge is 0.0299 e. The Morgan fingerprint density at radius 1 is 1.00 bits per heavy atom. The van der Waals surface area contributed by atoms with Gasteiger partial charge in [0.05, 0.1) is 0 Å². The molecule has 18 heavy (non-hydrogen) atoms. The third-order valence-electron chi connectivity index (χ3n) is 4.26. The van der Waals surface area contributed by atoms with Crippen LogP contribution in [0.5, 0.6) is 0 Å². The molecule has 0 radical (unpaired) electrons. The minimum absolute atomic E-state index is 0.480. The zero-order valence-corrected chi connectivity index (χ0v) is 12.3. The average Bonchev–Trinajstić information content (AvgIpc) is 2.28. The molecular weight excluding hydrogens is 218 g/mol. The fourth-order valence-corrected chi connectivity index (χ4v) is 3.58. The molecule has 1 aliphatic carbocycles. The molecule has 0 aromatic heterocycles. The van der Waals surface area contributed by atoms with Crippen molar-refractivity contribution in [2.24, 2.45) is 0 Å². The second kappa shape index (κ2) is 5.88. The van der Waals surface area contributed by atoms with Crippen molar-refractivity contribution in [3.63, 3.8) is 0 Å². The Hall–Kier alpha value is -0.820. The van der Waals surface area contributed by atoms with Crippen molar-refractivity contribution in [3.8, 4) is 0 Å². The number of benzene rings is 1. The number of hydrogen-bond donors (Lipinski definition) is 1. The van der Waals surface area contributed by atoms with Crippen molar-refractivity contribution in [3.05, 3.63) is 34.4 Å². The molecule has 0 spiro atoms. The van der Waals surface area contributed by atoms with Crippen molar-refractivity contribution in [2.75, 3.05) is 0 Å². The van der Waals surface area contributed by atoms with Crippen molar-refractivity contribution in [1.29, 1.82) is 0 Å². The van der Waals surface area contributed by atoms with Crippen molar-refractivity contribution in [2.45, 2.75) is 71.9 Å². The van der Waals surface area contributed by atoms with Crippen LogP contribution in [0.4, 0.5) is 0 Å². The molecule has 1 unspecified atom stereocenters. The lowest BCUT2D eigenvalue weighted by atomic mass is 9.91. The largest absolute Gasteiger partial charge is 0.307 e. The van der Waals surface area contributed by atoms with Crippen LogP contribution in [0.2, 0.25) is 0 Å². The predicted molar refractivity (Wildman–Crippen MR) is 79.1 cm³/mol. The minimum atomic E-state index is 0.480. The van der Waals surface area contributed by atoms with Crippen LogP contribution in [0.1, 0.15) is 67.3 Å². The highest BCUT2D eigenvalue weighted by Crippen LogP contribution is 2.26. The Morgan fingerprint density at radius 2 is 1.56 bits per heavy atom. The van der Waals surface area contributed by atoms with Gasteiger partial charge >= 0.3 is 0 Å². The Balaban J connectivity index is 2.10. The van der Waals surface area contributed by atoms with Crippen LogP contribution in [0, 0.1) is 20.8 Å². The van der Waals surface area contributed by atoms with E-state index in [0.29, 0.717) is 6.04 Å². The summed E-state index contributed by atoms with van der Waals surface area (Å²) in [5.41, 5.74) is 5.75. The highest BCUT2D eigenvalue weighted by molar-refractivity contribution is 5.39. The predicted octanol–water partition coefficient (Wildman–Crippen LogP) is 4.60. The second-order valence-electron chi connectivity index (χ2n) is 6.04. The molecule has 0 amide bonds. The summed E-state index contributed by atoms with van der Waals surface area (Å²) in [7, 11) is 0. The van der Waals surface area contributed by atoms with Gasteiger partial charge in [-0.25, -0.2) is 0 Å². The molecule has 0 saturated heterocycles. The lowest BCUT2D eigenvalue weighted by Crippen LogP contribution is -2.33. The van der Waals surface area contributed by atoms with Gasteiger partial charge in [0.25, 0.3) is 0 Å². The number of nitrogens with one attached hydrogen (secondary N) is 1. The van der Waals surface area contributed by atoms with Gasteiger partial charge in [0.1, 0.15) is 0 Å². The first-order valence-corrected chi connectivity index (χ1v) is 7.41. The average molecular weight is 245 g/mol. The summed E-state index contributed by atoms with van der Waals surface area (Å²) in [6.07, 6.45) is 6.93. The normalized spacial score (nSPS) is 18.9. The molecule has 1 fully saturated rings. The van der Waals surface area contributed by atoms with E-state index in [1.54, 1.807) is 0 Å². The van der Waals surface area contributed by atoms with Crippen LogP contribution >= 0.6 is 0 Å². The molecule has 0 heterocycles. The third kappa shape index (κ3) is 3.14. The van der Waals surface area contributed by atoms with Crippen molar-refractivity contribution in [1.82, 2.24) is 5.32 Å². The van der Waals surface area contributed by atoms with E-state index >= 15 is 0 Å². The summed E-state index contributed by atoms with van der Waals surface area (Å²) in [6.45, 7) is 8.99. The molecular formula is C17H27N. The van der Waals surface area contributed by atoms with Crippen molar-refractivity contribution >= 4 is 0 Å². The summed E-state index contributed by atoms with van der Waals surface area (Å²) in [6, 6.07) is 5.82. The Labute approximate surface area is 112 Å². The highest BCUT2D eigenvalue weighted by Gasteiger charge is 2.18. The zero-order chi connectivity index (χ0) is 13.1. The van der Waals surface area contributed by atoms with Gasteiger partial charge in [-0.3, -0.25) is 0 Å². The van der Waals surface area contributed by atoms with E-state index in [0.717, 1.165) is 6.04 Å². The van der Waals surface area contributed by atoms with Crippen LogP contribution in [-0.2, 0) is 0 Å². The van der Waals surface area contributed by atoms with E-state index in [1.807, 2.05) is 0 Å². The summed E-state index contributed by atoms with van der Waals surface area (Å²) < 4.78 is 0. The molecule has 1 nitrogen and oxygen atoms in total. The highest BCUT2D eigenvalue weighted by atomic mass is 14.9. The summed E-state index contributed by atoms with van der Waals surface area (Å²) in [5, 5.41) is 3.84.